The summed E-state index contributed by atoms with van der Waals surface area (Å²) in [7, 11) is 5.14. The van der Waals surface area contributed by atoms with E-state index in [1.165, 1.54) is 0 Å². The summed E-state index contributed by atoms with van der Waals surface area (Å²) in [5.41, 5.74) is 2.38. The Labute approximate surface area is 146 Å². The predicted molar refractivity (Wildman–Crippen MR) is 96.8 cm³/mol. The molecular weight excluding hydrogens is 318 g/mol. The van der Waals surface area contributed by atoms with E-state index in [-0.39, 0.29) is 5.91 Å². The van der Waals surface area contributed by atoms with Crippen LogP contribution in [0.15, 0.2) is 42.9 Å². The normalized spacial score (nSPS) is 10.7. The number of para-hydroxylation sites is 1. The Morgan fingerprint density at radius 2 is 2.12 bits per heavy atom. The third kappa shape index (κ3) is 3.40. The van der Waals surface area contributed by atoms with Crippen molar-refractivity contribution in [1.82, 2.24) is 19.3 Å². The molecule has 0 aliphatic heterocycles. The Bertz CT molecular complexity index is 888. The Balaban J connectivity index is 1.99. The molecule has 0 spiro atoms. The number of ether oxygens (including phenoxy) is 1. The molecule has 0 atom stereocenters. The van der Waals surface area contributed by atoms with Crippen molar-refractivity contribution >= 4 is 17.4 Å². The van der Waals surface area contributed by atoms with Crippen molar-refractivity contribution in [2.75, 3.05) is 33.1 Å². The number of hydrogen-bond donors (Lipinski definition) is 1. The summed E-state index contributed by atoms with van der Waals surface area (Å²) in [6, 6.07) is 7.73. The number of nitrogens with one attached hydrogen (secondary N) is 1. The smallest absolute Gasteiger partial charge is 0.223 e. The number of carbonyl (C=O) groups is 1. The number of hydrogen-bond acceptors (Lipinski definition) is 5. The van der Waals surface area contributed by atoms with E-state index in [4.69, 9.17) is 4.74 Å². The van der Waals surface area contributed by atoms with E-state index in [9.17, 15) is 4.79 Å². The SMILES string of the molecule is COc1ccccc1-c1nc2cnccn2c1NCCC(=O)N(C)C. The van der Waals surface area contributed by atoms with E-state index in [0.29, 0.717) is 13.0 Å². The van der Waals surface area contributed by atoms with Gasteiger partial charge in [0.05, 0.1) is 13.3 Å². The monoisotopic (exact) mass is 339 g/mol. The number of fused-ring (bicyclic) bond motifs is 1. The first-order chi connectivity index (χ1) is 12.1. The number of imidazole rings is 1. The Hall–Kier alpha value is -3.09. The Morgan fingerprint density at radius 1 is 1.32 bits per heavy atom. The maximum Gasteiger partial charge on any atom is 0.223 e. The molecule has 0 bridgehead atoms. The Kier molecular flexibility index (Phi) is 4.83. The zero-order valence-electron chi connectivity index (χ0n) is 14.6. The quantitative estimate of drug-likeness (QED) is 0.746. The number of amides is 1. The molecule has 7 heteroatoms. The first-order valence-electron chi connectivity index (χ1n) is 8.01. The Morgan fingerprint density at radius 3 is 2.88 bits per heavy atom. The lowest BCUT2D eigenvalue weighted by Crippen LogP contribution is -2.24. The van der Waals surface area contributed by atoms with Gasteiger partial charge in [0, 0.05) is 45.0 Å². The van der Waals surface area contributed by atoms with Gasteiger partial charge in [-0.05, 0) is 12.1 Å². The van der Waals surface area contributed by atoms with Gasteiger partial charge in [0.2, 0.25) is 5.91 Å². The van der Waals surface area contributed by atoms with Gasteiger partial charge in [-0.15, -0.1) is 0 Å². The molecule has 1 aromatic carbocycles. The maximum atomic E-state index is 11.8. The lowest BCUT2D eigenvalue weighted by Gasteiger charge is -2.13. The summed E-state index contributed by atoms with van der Waals surface area (Å²) in [6.45, 7) is 0.509. The van der Waals surface area contributed by atoms with Crippen LogP contribution >= 0.6 is 0 Å². The zero-order valence-corrected chi connectivity index (χ0v) is 14.6. The van der Waals surface area contributed by atoms with Crippen LogP contribution in [0.2, 0.25) is 0 Å². The van der Waals surface area contributed by atoms with Crippen LogP contribution in [0.1, 0.15) is 6.42 Å². The molecule has 7 nitrogen and oxygen atoms in total. The molecule has 0 saturated carbocycles. The minimum absolute atomic E-state index is 0.0711. The molecule has 25 heavy (non-hydrogen) atoms. The van der Waals surface area contributed by atoms with Gasteiger partial charge < -0.3 is 15.0 Å². The van der Waals surface area contributed by atoms with Crippen LogP contribution in [0, 0.1) is 0 Å². The number of anilines is 1. The van der Waals surface area contributed by atoms with Gasteiger partial charge in [0.1, 0.15) is 17.3 Å². The van der Waals surface area contributed by atoms with Crippen LogP contribution in [0.25, 0.3) is 16.9 Å². The van der Waals surface area contributed by atoms with Crippen LogP contribution in [0.5, 0.6) is 5.75 Å². The van der Waals surface area contributed by atoms with E-state index >= 15 is 0 Å². The van der Waals surface area contributed by atoms with Crippen molar-refractivity contribution in [3.05, 3.63) is 42.9 Å². The highest BCUT2D eigenvalue weighted by molar-refractivity contribution is 5.81. The van der Waals surface area contributed by atoms with Gasteiger partial charge in [0.15, 0.2) is 5.65 Å². The minimum atomic E-state index is 0.0711. The third-order valence-corrected chi connectivity index (χ3v) is 3.92. The van der Waals surface area contributed by atoms with Crippen molar-refractivity contribution in [2.45, 2.75) is 6.42 Å². The van der Waals surface area contributed by atoms with Gasteiger partial charge >= 0.3 is 0 Å². The molecule has 0 aliphatic carbocycles. The second-order valence-electron chi connectivity index (χ2n) is 5.78. The van der Waals surface area contributed by atoms with Crippen molar-refractivity contribution in [3.8, 4) is 17.0 Å². The molecule has 3 aromatic rings. The number of rotatable bonds is 6. The van der Waals surface area contributed by atoms with Gasteiger partial charge in [-0.25, -0.2) is 4.98 Å². The van der Waals surface area contributed by atoms with Gasteiger partial charge in [0.25, 0.3) is 0 Å². The molecule has 0 radical (unpaired) electrons. The topological polar surface area (TPSA) is 71.8 Å². The summed E-state index contributed by atoms with van der Waals surface area (Å²) >= 11 is 0. The summed E-state index contributed by atoms with van der Waals surface area (Å²) in [5, 5.41) is 3.34. The lowest BCUT2D eigenvalue weighted by atomic mass is 10.1. The molecule has 1 amide bonds. The first-order valence-corrected chi connectivity index (χ1v) is 8.01. The molecule has 3 rings (SSSR count). The molecule has 130 valence electrons. The molecule has 1 N–H and O–H groups in total. The van der Waals surface area contributed by atoms with E-state index in [2.05, 4.69) is 15.3 Å². The fourth-order valence-corrected chi connectivity index (χ4v) is 2.62. The van der Waals surface area contributed by atoms with E-state index < -0.39 is 0 Å². The highest BCUT2D eigenvalue weighted by atomic mass is 16.5. The lowest BCUT2D eigenvalue weighted by molar-refractivity contribution is -0.128. The van der Waals surface area contributed by atoms with Crippen molar-refractivity contribution in [1.29, 1.82) is 0 Å². The average Bonchev–Trinajstić information content (AvgIpc) is 3.00. The fraction of sp³-hybridized carbons (Fsp3) is 0.278. The average molecular weight is 339 g/mol. The van der Waals surface area contributed by atoms with Crippen LogP contribution in [0.3, 0.4) is 0 Å². The van der Waals surface area contributed by atoms with Crippen LogP contribution < -0.4 is 10.1 Å². The van der Waals surface area contributed by atoms with Gasteiger partial charge in [-0.1, -0.05) is 12.1 Å². The van der Waals surface area contributed by atoms with Crippen LogP contribution in [-0.4, -0.2) is 52.9 Å². The molecule has 0 aliphatic rings. The number of carbonyl (C=O) groups excluding carboxylic acids is 1. The van der Waals surface area contributed by atoms with Crippen molar-refractivity contribution in [2.24, 2.45) is 0 Å². The predicted octanol–water partition coefficient (Wildman–Crippen LogP) is 2.30. The maximum absolute atomic E-state index is 11.8. The molecular formula is C18H21N5O2. The minimum Gasteiger partial charge on any atom is -0.496 e. The second kappa shape index (κ2) is 7.21. The highest BCUT2D eigenvalue weighted by Crippen LogP contribution is 2.34. The summed E-state index contributed by atoms with van der Waals surface area (Å²) in [4.78, 5) is 22.2. The highest BCUT2D eigenvalue weighted by Gasteiger charge is 2.17. The molecule has 0 saturated heterocycles. The van der Waals surface area contributed by atoms with Crippen LogP contribution in [0.4, 0.5) is 5.82 Å². The van der Waals surface area contributed by atoms with Crippen molar-refractivity contribution in [3.63, 3.8) is 0 Å². The summed E-state index contributed by atoms with van der Waals surface area (Å²) in [5.74, 6) is 1.63. The number of nitrogens with zero attached hydrogens (tertiary/aromatic N) is 4. The fourth-order valence-electron chi connectivity index (χ4n) is 2.62. The third-order valence-electron chi connectivity index (χ3n) is 3.92. The molecule has 0 unspecified atom stereocenters. The summed E-state index contributed by atoms with van der Waals surface area (Å²) < 4.78 is 7.40. The van der Waals surface area contributed by atoms with Crippen LogP contribution in [-0.2, 0) is 4.79 Å². The molecule has 2 aromatic heterocycles. The zero-order chi connectivity index (χ0) is 17.8. The standard InChI is InChI=1S/C18H21N5O2/c1-22(2)16(24)8-9-20-18-17(13-6-4-5-7-14(13)25-3)21-15-12-19-10-11-23(15)18/h4-7,10-12,20H,8-9H2,1-3H3. The number of methoxy groups -OCH3 is 1. The first kappa shape index (κ1) is 16.8. The van der Waals surface area contributed by atoms with E-state index in [1.807, 2.05) is 34.9 Å². The summed E-state index contributed by atoms with van der Waals surface area (Å²) in [6.07, 6.45) is 5.65. The van der Waals surface area contributed by atoms with Crippen molar-refractivity contribution < 1.29 is 9.53 Å². The van der Waals surface area contributed by atoms with Gasteiger partial charge in [-0.3, -0.25) is 14.2 Å². The largest absolute Gasteiger partial charge is 0.496 e. The van der Waals surface area contributed by atoms with E-state index in [1.54, 1.807) is 38.5 Å². The second-order valence-corrected chi connectivity index (χ2v) is 5.78. The molecule has 0 fully saturated rings. The van der Waals surface area contributed by atoms with Gasteiger partial charge in [-0.2, -0.15) is 0 Å². The number of benzene rings is 1. The molecule has 2 heterocycles. The number of aromatic nitrogens is 3. The van der Waals surface area contributed by atoms with E-state index in [0.717, 1.165) is 28.5 Å².